The normalized spacial score (nSPS) is 20.0. The number of methoxy groups -OCH3 is 1. The molecule has 284 valence electrons. The van der Waals surface area contributed by atoms with Crippen LogP contribution >= 0.6 is 0 Å². The predicted octanol–water partition coefficient (Wildman–Crippen LogP) is 4.07. The number of alkyl carbamates (subject to hydrolysis) is 1. The minimum absolute atomic E-state index is 0.0218. The van der Waals surface area contributed by atoms with Gasteiger partial charge in [-0.25, -0.2) is 18.2 Å². The van der Waals surface area contributed by atoms with Crippen molar-refractivity contribution in [1.29, 1.82) is 0 Å². The summed E-state index contributed by atoms with van der Waals surface area (Å²) in [5.74, 6) is -1.26. The average molecular weight is 750 g/mol. The first-order valence-corrected chi connectivity index (χ1v) is 19.4. The molecule has 0 spiro atoms. The van der Waals surface area contributed by atoms with E-state index < -0.39 is 68.4 Å². The Hall–Kier alpha value is -4.92. The van der Waals surface area contributed by atoms with Gasteiger partial charge < -0.3 is 29.7 Å². The lowest BCUT2D eigenvalue weighted by atomic mass is 10.0. The Labute approximate surface area is 309 Å². The van der Waals surface area contributed by atoms with E-state index in [0.717, 1.165) is 5.56 Å². The number of benzene rings is 2. The average Bonchev–Trinajstić information content (AvgIpc) is 4.04. The van der Waals surface area contributed by atoms with Crippen molar-refractivity contribution in [3.63, 3.8) is 0 Å². The second-order valence-electron chi connectivity index (χ2n) is 15.4. The lowest BCUT2D eigenvalue weighted by Crippen LogP contribution is -2.58. The third-order valence-corrected chi connectivity index (χ3v) is 11.4. The number of hydrogen-bond acceptors (Lipinski definition) is 10. The molecule has 0 unspecified atom stereocenters. The molecule has 3 aliphatic rings. The van der Waals surface area contributed by atoms with Crippen LogP contribution in [0, 0.1) is 5.92 Å². The fraction of sp³-hybridized carbons (Fsp3) is 0.500. The van der Waals surface area contributed by atoms with Crippen molar-refractivity contribution in [2.45, 2.75) is 101 Å². The van der Waals surface area contributed by atoms with Gasteiger partial charge in [-0.05, 0) is 64.5 Å². The highest BCUT2D eigenvalue weighted by Gasteiger charge is 2.55. The van der Waals surface area contributed by atoms with E-state index in [9.17, 15) is 27.6 Å². The van der Waals surface area contributed by atoms with Gasteiger partial charge in [0.25, 0.3) is 5.91 Å². The number of fused-ring (bicyclic) bond motifs is 1. The molecule has 2 saturated carbocycles. The van der Waals surface area contributed by atoms with E-state index in [2.05, 4.69) is 15.4 Å². The molecule has 0 radical (unpaired) electrons. The molecule has 2 heterocycles. The SMILES string of the molecule is COc1ccc2c(O[C@@H]3C[C@@H](C(=O)NC4(C(=O)NS(=O)(=O)C5CC5)CC4)N(C(=O)[C@@H](NC(=O)OC(C)(C)C)C(C)C)C3)cc(-c3ccccc3)nc2c1. The van der Waals surface area contributed by atoms with Gasteiger partial charge in [0.1, 0.15) is 40.8 Å². The first kappa shape index (κ1) is 37.8. The van der Waals surface area contributed by atoms with E-state index in [1.54, 1.807) is 53.9 Å². The van der Waals surface area contributed by atoms with Crippen LogP contribution in [0.1, 0.15) is 66.7 Å². The first-order valence-electron chi connectivity index (χ1n) is 17.9. The van der Waals surface area contributed by atoms with Crippen molar-refractivity contribution in [1.82, 2.24) is 25.2 Å². The number of carbonyl (C=O) groups is 4. The molecule has 0 bridgehead atoms. The smallest absolute Gasteiger partial charge is 0.408 e. The number of carbonyl (C=O) groups excluding carboxylic acids is 4. The Balaban J connectivity index is 1.30. The molecule has 15 heteroatoms. The topological polar surface area (TPSA) is 182 Å². The maximum Gasteiger partial charge on any atom is 0.408 e. The minimum atomic E-state index is -3.84. The Morgan fingerprint density at radius 3 is 2.30 bits per heavy atom. The van der Waals surface area contributed by atoms with E-state index in [1.807, 2.05) is 42.5 Å². The summed E-state index contributed by atoms with van der Waals surface area (Å²) in [6.07, 6.45) is 0.0143. The molecular weight excluding hydrogens is 703 g/mol. The maximum absolute atomic E-state index is 14.3. The third kappa shape index (κ3) is 8.66. The Morgan fingerprint density at radius 1 is 1.00 bits per heavy atom. The van der Waals surface area contributed by atoms with Crippen molar-refractivity contribution >= 4 is 44.7 Å². The maximum atomic E-state index is 14.3. The van der Waals surface area contributed by atoms with Gasteiger partial charge in [-0.15, -0.1) is 0 Å². The quantitative estimate of drug-likeness (QED) is 0.244. The second-order valence-corrected chi connectivity index (χ2v) is 17.3. The summed E-state index contributed by atoms with van der Waals surface area (Å²) < 4.78 is 44.8. The van der Waals surface area contributed by atoms with Gasteiger partial charge in [0.2, 0.25) is 21.8 Å². The summed E-state index contributed by atoms with van der Waals surface area (Å²) in [7, 11) is -2.28. The van der Waals surface area contributed by atoms with Gasteiger partial charge in [0, 0.05) is 29.5 Å². The van der Waals surface area contributed by atoms with Gasteiger partial charge in [-0.2, -0.15) is 0 Å². The van der Waals surface area contributed by atoms with Crippen molar-refractivity contribution in [2.24, 2.45) is 5.92 Å². The van der Waals surface area contributed by atoms with Gasteiger partial charge in [0.15, 0.2) is 0 Å². The number of rotatable bonds is 12. The predicted molar refractivity (Wildman–Crippen MR) is 196 cm³/mol. The number of aromatic nitrogens is 1. The van der Waals surface area contributed by atoms with E-state index in [4.69, 9.17) is 19.2 Å². The molecule has 53 heavy (non-hydrogen) atoms. The van der Waals surface area contributed by atoms with Crippen molar-refractivity contribution in [2.75, 3.05) is 13.7 Å². The summed E-state index contributed by atoms with van der Waals surface area (Å²) in [6.45, 7) is 8.65. The van der Waals surface area contributed by atoms with Crippen LogP contribution in [0.3, 0.4) is 0 Å². The van der Waals surface area contributed by atoms with Crippen molar-refractivity contribution in [3.05, 3.63) is 54.6 Å². The summed E-state index contributed by atoms with van der Waals surface area (Å²) in [6, 6.07) is 14.6. The van der Waals surface area contributed by atoms with Crippen LogP contribution in [0.25, 0.3) is 22.2 Å². The van der Waals surface area contributed by atoms with Gasteiger partial charge in [0.05, 0.1) is 30.1 Å². The Kier molecular flexibility index (Phi) is 10.3. The third-order valence-electron chi connectivity index (χ3n) is 9.54. The first-order chi connectivity index (χ1) is 25.0. The van der Waals surface area contributed by atoms with Crippen LogP contribution in [0.2, 0.25) is 0 Å². The molecule has 1 aromatic heterocycles. The van der Waals surface area contributed by atoms with Crippen LogP contribution in [0.5, 0.6) is 11.5 Å². The molecule has 3 fully saturated rings. The number of ether oxygens (including phenoxy) is 3. The number of likely N-dealkylation sites (tertiary alicyclic amines) is 1. The highest BCUT2D eigenvalue weighted by Crippen LogP contribution is 2.39. The molecule has 2 aliphatic carbocycles. The summed E-state index contributed by atoms with van der Waals surface area (Å²) in [5, 5.41) is 5.53. The van der Waals surface area contributed by atoms with Crippen LogP contribution in [-0.2, 0) is 29.1 Å². The number of nitrogens with zero attached hydrogens (tertiary/aromatic N) is 2. The molecule has 1 aliphatic heterocycles. The summed E-state index contributed by atoms with van der Waals surface area (Å²) in [4.78, 5) is 60.8. The lowest BCUT2D eigenvalue weighted by Gasteiger charge is -2.31. The van der Waals surface area contributed by atoms with Crippen molar-refractivity contribution in [3.8, 4) is 22.8 Å². The Morgan fingerprint density at radius 2 is 1.70 bits per heavy atom. The lowest BCUT2D eigenvalue weighted by molar-refractivity contribution is -0.141. The molecule has 3 aromatic rings. The zero-order valence-electron chi connectivity index (χ0n) is 30.8. The van der Waals surface area contributed by atoms with Crippen LogP contribution < -0.4 is 24.8 Å². The molecule has 14 nitrogen and oxygen atoms in total. The number of pyridine rings is 1. The highest BCUT2D eigenvalue weighted by atomic mass is 32.2. The standard InChI is InChI=1S/C38H47N5O9S/c1-22(2)32(40-36(47)52-37(3,4)5)34(45)43-21-25(19-30(43)33(44)41-38(16-17-38)35(46)42-53(48,49)26-13-14-26)51-31-20-28(23-10-8-7-9-11-23)39-29-18-24(50-6)12-15-27(29)31/h7-12,15,18,20,22,25-26,30,32H,13-14,16-17,19,21H2,1-6H3,(H,40,47)(H,41,44)(H,42,46)/t25-,30+,32+/m1/s1. The number of nitrogens with one attached hydrogen (secondary N) is 3. The molecule has 6 rings (SSSR count). The molecule has 1 saturated heterocycles. The van der Waals surface area contributed by atoms with Crippen LogP contribution in [-0.4, -0.2) is 90.3 Å². The van der Waals surface area contributed by atoms with E-state index in [1.165, 1.54) is 4.90 Å². The zero-order chi connectivity index (χ0) is 38.3. The molecule has 3 atom stereocenters. The van der Waals surface area contributed by atoms with Crippen LogP contribution in [0.4, 0.5) is 4.79 Å². The van der Waals surface area contributed by atoms with Gasteiger partial charge in [-0.1, -0.05) is 44.2 Å². The number of amides is 4. The second kappa shape index (κ2) is 14.5. The molecular formula is C38H47N5O9S. The van der Waals surface area contributed by atoms with E-state index >= 15 is 0 Å². The minimum Gasteiger partial charge on any atom is -0.497 e. The van der Waals surface area contributed by atoms with E-state index in [-0.39, 0.29) is 31.7 Å². The highest BCUT2D eigenvalue weighted by molar-refractivity contribution is 7.91. The van der Waals surface area contributed by atoms with E-state index in [0.29, 0.717) is 40.9 Å². The van der Waals surface area contributed by atoms with Crippen LogP contribution in [0.15, 0.2) is 54.6 Å². The molecule has 2 aromatic carbocycles. The Bertz CT molecular complexity index is 2010. The van der Waals surface area contributed by atoms with Gasteiger partial charge in [-0.3, -0.25) is 19.1 Å². The van der Waals surface area contributed by atoms with Gasteiger partial charge >= 0.3 is 6.09 Å². The van der Waals surface area contributed by atoms with Crippen molar-refractivity contribution < 1.29 is 41.8 Å². The zero-order valence-corrected chi connectivity index (χ0v) is 31.6. The summed E-state index contributed by atoms with van der Waals surface area (Å²) in [5.41, 5.74) is -0.112. The largest absolute Gasteiger partial charge is 0.497 e. The molecule has 4 amide bonds. The number of hydrogen-bond donors (Lipinski definition) is 3. The number of sulfonamides is 1. The summed E-state index contributed by atoms with van der Waals surface area (Å²) >= 11 is 0. The fourth-order valence-electron chi connectivity index (χ4n) is 6.38. The monoisotopic (exact) mass is 749 g/mol. The fourth-order valence-corrected chi connectivity index (χ4v) is 7.76. The molecule has 3 N–H and O–H groups in total.